The van der Waals surface area contributed by atoms with Gasteiger partial charge >= 0.3 is 0 Å². The van der Waals surface area contributed by atoms with Crippen molar-refractivity contribution in [2.45, 2.75) is 13.3 Å². The average molecular weight is 363 g/mol. The number of halogens is 1. The maximum atomic E-state index is 12.6. The molecule has 2 N–H and O–H groups in total. The third-order valence-electron chi connectivity index (χ3n) is 4.22. The highest BCUT2D eigenvalue weighted by Gasteiger charge is 2.35. The fourth-order valence-electron chi connectivity index (χ4n) is 2.73. The Morgan fingerprint density at radius 3 is 2.95 bits per heavy atom. The Balaban J connectivity index is 1.78. The summed E-state index contributed by atoms with van der Waals surface area (Å²) < 4.78 is 2.70. The van der Waals surface area contributed by atoms with E-state index in [9.17, 15) is 4.79 Å². The van der Waals surface area contributed by atoms with Crippen molar-refractivity contribution in [2.24, 2.45) is 11.1 Å². The lowest BCUT2D eigenvalue weighted by Gasteiger charge is -2.22. The van der Waals surface area contributed by atoms with Crippen LogP contribution < -0.4 is 5.73 Å². The Morgan fingerprint density at radius 1 is 1.45 bits per heavy atom. The van der Waals surface area contributed by atoms with Crippen LogP contribution in [-0.4, -0.2) is 40.2 Å². The molecule has 6 heteroatoms. The minimum Gasteiger partial charge on any atom is -0.337 e. The van der Waals surface area contributed by atoms with Crippen LogP contribution in [0.15, 0.2) is 41.0 Å². The van der Waals surface area contributed by atoms with E-state index >= 15 is 0 Å². The fraction of sp³-hybridized carbons (Fsp3) is 0.375. The highest BCUT2D eigenvalue weighted by molar-refractivity contribution is 9.10. The van der Waals surface area contributed by atoms with Crippen molar-refractivity contribution in [2.75, 3.05) is 19.6 Å². The number of likely N-dealkylation sites (tertiary alicyclic amines) is 1. The minimum atomic E-state index is -0.0223. The maximum absolute atomic E-state index is 12.6. The Morgan fingerprint density at radius 2 is 2.27 bits per heavy atom. The zero-order chi connectivity index (χ0) is 15.7. The van der Waals surface area contributed by atoms with Gasteiger partial charge in [0.25, 0.3) is 5.91 Å². The summed E-state index contributed by atoms with van der Waals surface area (Å²) >= 11 is 3.44. The number of hydrogen-bond acceptors (Lipinski definition) is 3. The second-order valence-corrected chi connectivity index (χ2v) is 7.03. The summed E-state index contributed by atoms with van der Waals surface area (Å²) in [6.07, 6.45) is 2.76. The quantitative estimate of drug-likeness (QED) is 0.911. The van der Waals surface area contributed by atoms with Gasteiger partial charge in [0.15, 0.2) is 5.69 Å². The number of carbonyl (C=O) groups is 1. The van der Waals surface area contributed by atoms with Crippen LogP contribution in [0.3, 0.4) is 0 Å². The molecule has 22 heavy (non-hydrogen) atoms. The van der Waals surface area contributed by atoms with Gasteiger partial charge in [-0.2, -0.15) is 5.10 Å². The smallest absolute Gasteiger partial charge is 0.274 e. The van der Waals surface area contributed by atoms with Crippen LogP contribution in [0, 0.1) is 5.41 Å². The second-order valence-electron chi connectivity index (χ2n) is 6.12. The van der Waals surface area contributed by atoms with Crippen molar-refractivity contribution >= 4 is 21.8 Å². The molecular weight excluding hydrogens is 344 g/mol. The van der Waals surface area contributed by atoms with Gasteiger partial charge in [0, 0.05) is 23.8 Å². The summed E-state index contributed by atoms with van der Waals surface area (Å²) in [5, 5.41) is 4.41. The SMILES string of the molecule is CC1(CN)CCN(C(=O)c2ccn(-c3cccc(Br)c3)n2)C1. The number of amides is 1. The van der Waals surface area contributed by atoms with E-state index in [2.05, 4.69) is 28.0 Å². The van der Waals surface area contributed by atoms with Crippen molar-refractivity contribution in [1.82, 2.24) is 14.7 Å². The summed E-state index contributed by atoms with van der Waals surface area (Å²) in [7, 11) is 0. The Kier molecular flexibility index (Phi) is 4.06. The molecule has 116 valence electrons. The third kappa shape index (κ3) is 2.94. The van der Waals surface area contributed by atoms with E-state index in [0.29, 0.717) is 18.8 Å². The molecule has 3 rings (SSSR count). The number of carbonyl (C=O) groups excluding carboxylic acids is 1. The third-order valence-corrected chi connectivity index (χ3v) is 4.71. The molecule has 1 aromatic heterocycles. The van der Waals surface area contributed by atoms with Gasteiger partial charge < -0.3 is 10.6 Å². The molecule has 1 aliphatic rings. The molecule has 2 heterocycles. The van der Waals surface area contributed by atoms with E-state index in [1.165, 1.54) is 0 Å². The molecule has 5 nitrogen and oxygen atoms in total. The van der Waals surface area contributed by atoms with Gasteiger partial charge in [-0.3, -0.25) is 4.79 Å². The van der Waals surface area contributed by atoms with Crippen LogP contribution in [0.25, 0.3) is 5.69 Å². The minimum absolute atomic E-state index is 0.0223. The van der Waals surface area contributed by atoms with Crippen LogP contribution >= 0.6 is 15.9 Å². The van der Waals surface area contributed by atoms with Crippen LogP contribution in [0.5, 0.6) is 0 Å². The zero-order valence-electron chi connectivity index (χ0n) is 12.5. The molecule has 0 bridgehead atoms. The van der Waals surface area contributed by atoms with Crippen molar-refractivity contribution in [3.05, 3.63) is 46.7 Å². The Labute approximate surface area is 138 Å². The highest BCUT2D eigenvalue weighted by atomic mass is 79.9. The predicted molar refractivity (Wildman–Crippen MR) is 88.9 cm³/mol. The fourth-order valence-corrected chi connectivity index (χ4v) is 3.11. The number of benzene rings is 1. The lowest BCUT2D eigenvalue weighted by atomic mass is 9.90. The lowest BCUT2D eigenvalue weighted by molar-refractivity contribution is 0.0770. The van der Waals surface area contributed by atoms with E-state index < -0.39 is 0 Å². The van der Waals surface area contributed by atoms with Crippen molar-refractivity contribution in [3.8, 4) is 5.69 Å². The van der Waals surface area contributed by atoms with Crippen LogP contribution in [0.2, 0.25) is 0 Å². The first kappa shape index (κ1) is 15.2. The number of rotatable bonds is 3. The van der Waals surface area contributed by atoms with Gasteiger partial charge in [-0.15, -0.1) is 0 Å². The van der Waals surface area contributed by atoms with E-state index in [-0.39, 0.29) is 11.3 Å². The van der Waals surface area contributed by atoms with Gasteiger partial charge in [-0.25, -0.2) is 4.68 Å². The largest absolute Gasteiger partial charge is 0.337 e. The number of nitrogens with zero attached hydrogens (tertiary/aromatic N) is 3. The van der Waals surface area contributed by atoms with Gasteiger partial charge in [0.2, 0.25) is 0 Å². The summed E-state index contributed by atoms with van der Waals surface area (Å²) in [4.78, 5) is 14.4. The summed E-state index contributed by atoms with van der Waals surface area (Å²) in [5.74, 6) is -0.0223. The van der Waals surface area contributed by atoms with Crippen molar-refractivity contribution in [1.29, 1.82) is 0 Å². The van der Waals surface area contributed by atoms with Crippen LogP contribution in [-0.2, 0) is 0 Å². The Hall–Kier alpha value is -1.66. The number of nitrogens with two attached hydrogens (primary N) is 1. The molecule has 0 saturated carbocycles. The lowest BCUT2D eigenvalue weighted by Crippen LogP contribution is -2.34. The normalized spacial score (nSPS) is 21.3. The summed E-state index contributed by atoms with van der Waals surface area (Å²) in [6, 6.07) is 9.57. The molecule has 0 aliphatic carbocycles. The van der Waals surface area contributed by atoms with Crippen molar-refractivity contribution in [3.63, 3.8) is 0 Å². The monoisotopic (exact) mass is 362 g/mol. The zero-order valence-corrected chi connectivity index (χ0v) is 14.1. The van der Waals surface area contributed by atoms with Crippen molar-refractivity contribution < 1.29 is 4.79 Å². The molecule has 1 aliphatic heterocycles. The topological polar surface area (TPSA) is 64.2 Å². The number of hydrogen-bond donors (Lipinski definition) is 1. The second kappa shape index (κ2) is 5.85. The molecule has 1 fully saturated rings. The van der Waals surface area contributed by atoms with E-state index in [1.54, 1.807) is 10.7 Å². The van der Waals surface area contributed by atoms with Crippen LogP contribution in [0.4, 0.5) is 0 Å². The molecule has 0 radical (unpaired) electrons. The molecule has 1 saturated heterocycles. The maximum Gasteiger partial charge on any atom is 0.274 e. The molecular formula is C16H19BrN4O. The Bertz CT molecular complexity index is 699. The van der Waals surface area contributed by atoms with Crippen LogP contribution in [0.1, 0.15) is 23.8 Å². The van der Waals surface area contributed by atoms with E-state index in [1.807, 2.05) is 35.4 Å². The van der Waals surface area contributed by atoms with Gasteiger partial charge in [-0.05, 0) is 42.6 Å². The van der Waals surface area contributed by atoms with E-state index in [0.717, 1.165) is 23.1 Å². The molecule has 2 aromatic rings. The van der Waals surface area contributed by atoms with E-state index in [4.69, 9.17) is 5.73 Å². The predicted octanol–water partition coefficient (Wildman–Crippen LogP) is 2.45. The average Bonchev–Trinajstić information content (AvgIpc) is 3.14. The number of aromatic nitrogens is 2. The first-order chi connectivity index (χ1) is 10.5. The van der Waals surface area contributed by atoms with Gasteiger partial charge in [-0.1, -0.05) is 28.9 Å². The molecule has 1 unspecified atom stereocenters. The summed E-state index contributed by atoms with van der Waals surface area (Å²) in [5.41, 5.74) is 7.22. The van der Waals surface area contributed by atoms with Gasteiger partial charge in [0.1, 0.15) is 0 Å². The standard InChI is InChI=1S/C16H19BrN4O/c1-16(10-18)6-8-20(11-16)15(22)14-5-7-21(19-14)13-4-2-3-12(17)9-13/h2-5,7,9H,6,8,10-11,18H2,1H3. The molecule has 1 atom stereocenters. The first-order valence-corrected chi connectivity index (χ1v) is 8.11. The van der Waals surface area contributed by atoms with Gasteiger partial charge in [0.05, 0.1) is 5.69 Å². The molecule has 0 spiro atoms. The highest BCUT2D eigenvalue weighted by Crippen LogP contribution is 2.29. The molecule has 1 aromatic carbocycles. The molecule has 1 amide bonds. The first-order valence-electron chi connectivity index (χ1n) is 7.32. The summed E-state index contributed by atoms with van der Waals surface area (Å²) in [6.45, 7) is 4.17.